The predicted molar refractivity (Wildman–Crippen MR) is 162 cm³/mol. The quantitative estimate of drug-likeness (QED) is 0.0588. The van der Waals surface area contributed by atoms with Crippen molar-refractivity contribution >= 4 is 5.84 Å². The Balaban J connectivity index is 1.60. The molecule has 0 unspecified atom stereocenters. The van der Waals surface area contributed by atoms with Gasteiger partial charge in [0.2, 0.25) is 0 Å². The van der Waals surface area contributed by atoms with Gasteiger partial charge in [0.1, 0.15) is 17.5 Å². The van der Waals surface area contributed by atoms with Crippen molar-refractivity contribution in [2.24, 2.45) is 23.8 Å². The number of nitrogens with two attached hydrogens (primary N) is 2. The number of hydrogen-bond donors (Lipinski definition) is 4. The van der Waals surface area contributed by atoms with Gasteiger partial charge in [0.05, 0.1) is 19.6 Å². The zero-order valence-electron chi connectivity index (χ0n) is 24.6. The van der Waals surface area contributed by atoms with Crippen LogP contribution in [0.2, 0.25) is 0 Å². The van der Waals surface area contributed by atoms with E-state index in [-0.39, 0.29) is 0 Å². The molecule has 0 saturated heterocycles. The number of benzene rings is 1. The molecule has 2 aromatic heterocycles. The van der Waals surface area contributed by atoms with Gasteiger partial charge in [0, 0.05) is 44.9 Å². The van der Waals surface area contributed by atoms with E-state index in [2.05, 4.69) is 82.9 Å². The fourth-order valence-corrected chi connectivity index (χ4v) is 4.97. The number of hydrazine groups is 1. The number of amidine groups is 1. The molecule has 11 heteroatoms. The number of imidazole rings is 2. The van der Waals surface area contributed by atoms with E-state index in [1.54, 1.807) is 6.20 Å². The van der Waals surface area contributed by atoms with Gasteiger partial charge in [0.15, 0.2) is 0 Å². The molecule has 11 nitrogen and oxygen atoms in total. The first-order valence-corrected chi connectivity index (χ1v) is 14.5. The van der Waals surface area contributed by atoms with Crippen LogP contribution in [0.3, 0.4) is 0 Å². The highest BCUT2D eigenvalue weighted by Crippen LogP contribution is 2.14. The highest BCUT2D eigenvalue weighted by molar-refractivity contribution is 5.83. The van der Waals surface area contributed by atoms with Gasteiger partial charge in [-0.15, -0.1) is 0 Å². The van der Waals surface area contributed by atoms with Crippen molar-refractivity contribution in [2.75, 3.05) is 32.7 Å². The first-order chi connectivity index (χ1) is 19.5. The van der Waals surface area contributed by atoms with Crippen LogP contribution in [0.5, 0.6) is 0 Å². The molecule has 0 spiro atoms. The first-order valence-electron chi connectivity index (χ1n) is 14.5. The van der Waals surface area contributed by atoms with Gasteiger partial charge in [-0.3, -0.25) is 9.80 Å². The predicted octanol–water partition coefficient (Wildman–Crippen LogP) is 2.79. The van der Waals surface area contributed by atoms with Gasteiger partial charge < -0.3 is 25.7 Å². The number of aromatic nitrogens is 4. The minimum absolute atomic E-state index is 0.582. The Labute approximate surface area is 239 Å². The van der Waals surface area contributed by atoms with Crippen molar-refractivity contribution in [1.29, 1.82) is 0 Å². The van der Waals surface area contributed by atoms with Crippen LogP contribution >= 0.6 is 0 Å². The molecule has 3 rings (SSSR count). The molecule has 0 saturated carbocycles. The van der Waals surface area contributed by atoms with Crippen LogP contribution in [0, 0.1) is 0 Å². The second kappa shape index (κ2) is 17.4. The molecule has 0 bridgehead atoms. The molecule has 2 heterocycles. The topological polar surface area (TPSA) is 133 Å². The summed E-state index contributed by atoms with van der Waals surface area (Å²) < 4.78 is 2.06. The first kappa shape index (κ1) is 31.3. The van der Waals surface area contributed by atoms with Crippen LogP contribution < -0.4 is 17.1 Å². The number of hydrogen-bond acceptors (Lipinski definition) is 8. The molecule has 0 fully saturated rings. The minimum Gasteiger partial charge on any atom is -0.348 e. The molecule has 0 aliphatic carbocycles. The number of aryl methyl sites for hydroxylation is 1. The average molecular weight is 552 g/mol. The van der Waals surface area contributed by atoms with Crippen molar-refractivity contribution in [1.82, 2.24) is 39.6 Å². The van der Waals surface area contributed by atoms with Crippen LogP contribution in [-0.4, -0.2) is 72.8 Å². The molecular formula is C29H49N11. The maximum atomic E-state index is 5.65. The summed E-state index contributed by atoms with van der Waals surface area (Å²) in [5.41, 5.74) is 5.13. The second-order valence-corrected chi connectivity index (χ2v) is 10.4. The lowest BCUT2D eigenvalue weighted by molar-refractivity contribution is 0.233. The number of unbranched alkanes of at least 4 members (excludes halogenated alkanes) is 1. The molecule has 6 N–H and O–H groups in total. The van der Waals surface area contributed by atoms with Gasteiger partial charge in [-0.25, -0.2) is 15.8 Å². The summed E-state index contributed by atoms with van der Waals surface area (Å²) in [6, 6.07) is 8.86. The molecule has 0 aliphatic heterocycles. The standard InChI is InChI=1S/C29H49N11/c1-4-15-38(16-5-2)17-6-7-18-39(23-28(35-30)36-31)20-25-8-10-26(11-9-25)21-40(22-27-32-12-13-33-27)24-29-34-14-19-37(29)3/h8-14,19H,4-7,15-18,20-24,30-31H2,1-3H3,(H,32,33)(H,35,36). The van der Waals surface area contributed by atoms with Gasteiger partial charge in [-0.05, 0) is 63.0 Å². The van der Waals surface area contributed by atoms with E-state index in [0.29, 0.717) is 12.4 Å². The van der Waals surface area contributed by atoms with Gasteiger partial charge in [0.25, 0.3) is 0 Å². The SMILES string of the molecule is CCCN(CCC)CCCCN(C/C(=N/N)NN)Cc1ccc(CN(Cc2ncc[nH]2)Cc2nccn2C)cc1. The lowest BCUT2D eigenvalue weighted by Crippen LogP contribution is -2.41. The van der Waals surface area contributed by atoms with Crippen molar-refractivity contribution in [3.05, 3.63) is 71.8 Å². The van der Waals surface area contributed by atoms with Crippen LogP contribution in [0.4, 0.5) is 0 Å². The molecule has 1 aromatic carbocycles. The maximum Gasteiger partial charge on any atom is 0.150 e. The number of hydrazone groups is 1. The number of aromatic amines is 1. The number of rotatable bonds is 19. The van der Waals surface area contributed by atoms with E-state index in [1.807, 2.05) is 25.6 Å². The Bertz CT molecular complexity index is 1090. The van der Waals surface area contributed by atoms with E-state index in [9.17, 15) is 0 Å². The zero-order chi connectivity index (χ0) is 28.6. The molecule has 0 aliphatic rings. The van der Waals surface area contributed by atoms with E-state index < -0.39 is 0 Å². The van der Waals surface area contributed by atoms with Gasteiger partial charge in [-0.1, -0.05) is 38.1 Å². The second-order valence-electron chi connectivity index (χ2n) is 10.4. The number of nitrogens with zero attached hydrogens (tertiary/aromatic N) is 7. The summed E-state index contributed by atoms with van der Waals surface area (Å²) in [7, 11) is 2.03. The molecular weight excluding hydrogens is 502 g/mol. The van der Waals surface area contributed by atoms with Gasteiger partial charge >= 0.3 is 0 Å². The maximum absolute atomic E-state index is 5.65. The van der Waals surface area contributed by atoms with E-state index in [1.165, 1.54) is 43.5 Å². The van der Waals surface area contributed by atoms with Crippen molar-refractivity contribution < 1.29 is 0 Å². The Morgan fingerprint density at radius 2 is 1.52 bits per heavy atom. The summed E-state index contributed by atoms with van der Waals surface area (Å²) in [5.74, 6) is 13.8. The summed E-state index contributed by atoms with van der Waals surface area (Å²) in [4.78, 5) is 19.4. The third kappa shape index (κ3) is 10.7. The zero-order valence-corrected chi connectivity index (χ0v) is 24.6. The average Bonchev–Trinajstić information content (AvgIpc) is 3.62. The third-order valence-corrected chi connectivity index (χ3v) is 7.02. The lowest BCUT2D eigenvalue weighted by atomic mass is 10.1. The lowest BCUT2D eigenvalue weighted by Gasteiger charge is -2.25. The van der Waals surface area contributed by atoms with Crippen LogP contribution in [-0.2, 0) is 33.2 Å². The van der Waals surface area contributed by atoms with Gasteiger partial charge in [-0.2, -0.15) is 5.10 Å². The van der Waals surface area contributed by atoms with Crippen molar-refractivity contribution in [2.45, 2.75) is 65.7 Å². The van der Waals surface area contributed by atoms with Crippen LogP contribution in [0.15, 0.2) is 54.2 Å². The third-order valence-electron chi connectivity index (χ3n) is 7.02. The van der Waals surface area contributed by atoms with E-state index in [0.717, 1.165) is 57.3 Å². The Hall–Kier alpha value is -3.25. The van der Waals surface area contributed by atoms with Crippen molar-refractivity contribution in [3.8, 4) is 0 Å². The highest BCUT2D eigenvalue weighted by Gasteiger charge is 2.14. The number of H-pyrrole nitrogens is 1. The monoisotopic (exact) mass is 551 g/mol. The summed E-state index contributed by atoms with van der Waals surface area (Å²) in [6.07, 6.45) is 12.2. The molecule has 0 radical (unpaired) electrons. The fraction of sp³-hybridized carbons (Fsp3) is 0.552. The molecule has 40 heavy (non-hydrogen) atoms. The van der Waals surface area contributed by atoms with Crippen LogP contribution in [0.25, 0.3) is 0 Å². The summed E-state index contributed by atoms with van der Waals surface area (Å²) in [6.45, 7) is 12.6. The summed E-state index contributed by atoms with van der Waals surface area (Å²) >= 11 is 0. The van der Waals surface area contributed by atoms with E-state index in [4.69, 9.17) is 11.7 Å². The summed E-state index contributed by atoms with van der Waals surface area (Å²) in [5, 5.41) is 3.82. The highest BCUT2D eigenvalue weighted by atomic mass is 15.3. The minimum atomic E-state index is 0.582. The Morgan fingerprint density at radius 1 is 0.875 bits per heavy atom. The van der Waals surface area contributed by atoms with E-state index >= 15 is 0 Å². The molecule has 220 valence electrons. The smallest absolute Gasteiger partial charge is 0.150 e. The van der Waals surface area contributed by atoms with Crippen LogP contribution in [0.1, 0.15) is 62.3 Å². The normalized spacial score (nSPS) is 12.2. The van der Waals surface area contributed by atoms with Crippen molar-refractivity contribution in [3.63, 3.8) is 0 Å². The fourth-order valence-electron chi connectivity index (χ4n) is 4.97. The largest absolute Gasteiger partial charge is 0.348 e. The number of nitrogens with one attached hydrogen (secondary N) is 2. The molecule has 0 atom stereocenters. The molecule has 0 amide bonds. The molecule has 3 aromatic rings. The Morgan fingerprint density at radius 3 is 2.05 bits per heavy atom. The Kier molecular flexibility index (Phi) is 13.6.